The topological polar surface area (TPSA) is 12.0 Å². The third kappa shape index (κ3) is 2.53. The van der Waals surface area contributed by atoms with Crippen molar-refractivity contribution in [2.75, 3.05) is 5.75 Å². The molecule has 4 unspecified atom stereocenters. The third-order valence-electron chi connectivity index (χ3n) is 4.12. The summed E-state index contributed by atoms with van der Waals surface area (Å²) in [5.74, 6) is 2.07. The highest BCUT2D eigenvalue weighted by molar-refractivity contribution is 8.00. The quantitative estimate of drug-likeness (QED) is 0.816. The fraction of sp³-hybridized carbons (Fsp3) is 0.600. The Morgan fingerprint density at radius 1 is 1.18 bits per heavy atom. The molecule has 0 bridgehead atoms. The highest BCUT2D eigenvalue weighted by atomic mass is 32.2. The molecule has 1 heterocycles. The van der Waals surface area contributed by atoms with E-state index in [1.165, 1.54) is 25.0 Å². The van der Waals surface area contributed by atoms with Gasteiger partial charge < -0.3 is 5.32 Å². The van der Waals surface area contributed by atoms with E-state index in [-0.39, 0.29) is 0 Å². The molecule has 4 atom stereocenters. The fourth-order valence-corrected chi connectivity index (χ4v) is 4.66. The molecule has 1 aromatic rings. The van der Waals surface area contributed by atoms with Crippen LogP contribution in [0.4, 0.5) is 0 Å². The minimum Gasteiger partial charge on any atom is -0.310 e. The van der Waals surface area contributed by atoms with Crippen LogP contribution >= 0.6 is 11.8 Å². The van der Waals surface area contributed by atoms with Gasteiger partial charge in [0.2, 0.25) is 0 Å². The summed E-state index contributed by atoms with van der Waals surface area (Å²) in [6.07, 6.45) is 4.06. The Morgan fingerprint density at radius 2 is 2.00 bits per heavy atom. The van der Waals surface area contributed by atoms with Crippen molar-refractivity contribution < 1.29 is 0 Å². The van der Waals surface area contributed by atoms with Gasteiger partial charge in [-0.15, -0.1) is 0 Å². The average Bonchev–Trinajstić information content (AvgIpc) is 2.39. The van der Waals surface area contributed by atoms with Gasteiger partial charge in [0.1, 0.15) is 0 Å². The number of nitrogens with one attached hydrogen (secondary N) is 1. The molecule has 92 valence electrons. The minimum atomic E-state index is 0.703. The molecule has 0 amide bonds. The molecule has 2 fully saturated rings. The van der Waals surface area contributed by atoms with Crippen LogP contribution in [-0.4, -0.2) is 23.1 Å². The summed E-state index contributed by atoms with van der Waals surface area (Å²) in [7, 11) is 0. The van der Waals surface area contributed by atoms with E-state index in [0.29, 0.717) is 6.04 Å². The predicted molar refractivity (Wildman–Crippen MR) is 75.7 cm³/mol. The van der Waals surface area contributed by atoms with Crippen LogP contribution in [0.25, 0.3) is 0 Å². The lowest BCUT2D eigenvalue weighted by atomic mass is 9.81. The second-order valence-corrected chi connectivity index (χ2v) is 6.74. The van der Waals surface area contributed by atoms with Crippen LogP contribution in [0.3, 0.4) is 0 Å². The molecule has 2 heteroatoms. The Bertz CT molecular complexity index is 364. The van der Waals surface area contributed by atoms with Crippen molar-refractivity contribution in [2.24, 2.45) is 0 Å². The van der Waals surface area contributed by atoms with Crippen LogP contribution < -0.4 is 5.32 Å². The highest BCUT2D eigenvalue weighted by Crippen LogP contribution is 2.40. The lowest BCUT2D eigenvalue weighted by Gasteiger charge is -2.42. The maximum atomic E-state index is 3.77. The van der Waals surface area contributed by atoms with Gasteiger partial charge in [0.25, 0.3) is 0 Å². The molecule has 1 aliphatic carbocycles. The number of thioether (sulfide) groups is 1. The van der Waals surface area contributed by atoms with E-state index >= 15 is 0 Å². The molecular formula is C15H21NS. The Hall–Kier alpha value is -0.470. The van der Waals surface area contributed by atoms with Crippen molar-refractivity contribution in [1.82, 2.24) is 5.32 Å². The first kappa shape index (κ1) is 11.6. The lowest BCUT2D eigenvalue weighted by molar-refractivity contribution is 0.326. The molecule has 0 radical (unpaired) electrons. The zero-order valence-corrected chi connectivity index (χ0v) is 11.2. The molecular weight excluding hydrogens is 226 g/mol. The van der Waals surface area contributed by atoms with Crippen molar-refractivity contribution in [3.8, 4) is 0 Å². The summed E-state index contributed by atoms with van der Waals surface area (Å²) in [6.45, 7) is 2.31. The third-order valence-corrected chi connectivity index (χ3v) is 5.76. The van der Waals surface area contributed by atoms with Crippen LogP contribution in [0.1, 0.15) is 37.7 Å². The van der Waals surface area contributed by atoms with Gasteiger partial charge in [-0.25, -0.2) is 0 Å². The van der Waals surface area contributed by atoms with Crippen LogP contribution in [0, 0.1) is 0 Å². The van der Waals surface area contributed by atoms with Gasteiger partial charge in [0.05, 0.1) is 0 Å². The molecule has 17 heavy (non-hydrogen) atoms. The first-order valence-electron chi connectivity index (χ1n) is 6.75. The van der Waals surface area contributed by atoms with Gasteiger partial charge >= 0.3 is 0 Å². The molecule has 1 N–H and O–H groups in total. The maximum Gasteiger partial charge on any atom is 0.0207 e. The Kier molecular flexibility index (Phi) is 3.44. The van der Waals surface area contributed by atoms with Gasteiger partial charge in [-0.05, 0) is 37.7 Å². The summed E-state index contributed by atoms with van der Waals surface area (Å²) < 4.78 is 0. The van der Waals surface area contributed by atoms with Gasteiger partial charge in [-0.2, -0.15) is 11.8 Å². The standard InChI is InChI=1S/C15H21NS/c1-11-10-17-15-9-13(7-8-14(15)16-11)12-5-3-2-4-6-12/h2-6,11,13-16H,7-10H2,1H3. The van der Waals surface area contributed by atoms with Crippen molar-refractivity contribution in [3.05, 3.63) is 35.9 Å². The van der Waals surface area contributed by atoms with Crippen LogP contribution in [0.2, 0.25) is 0 Å². The molecule has 3 rings (SSSR count). The van der Waals surface area contributed by atoms with E-state index in [9.17, 15) is 0 Å². The summed E-state index contributed by atoms with van der Waals surface area (Å²) in [5.41, 5.74) is 1.55. The lowest BCUT2D eigenvalue weighted by Crippen LogP contribution is -2.51. The van der Waals surface area contributed by atoms with Crippen molar-refractivity contribution in [2.45, 2.75) is 49.4 Å². The predicted octanol–water partition coefficient (Wildman–Crippen LogP) is 3.42. The van der Waals surface area contributed by atoms with E-state index in [4.69, 9.17) is 0 Å². The summed E-state index contributed by atoms with van der Waals surface area (Å²) in [6, 6.07) is 12.5. The van der Waals surface area contributed by atoms with Crippen LogP contribution in [0.5, 0.6) is 0 Å². The Labute approximate surface area is 108 Å². The van der Waals surface area contributed by atoms with Crippen molar-refractivity contribution >= 4 is 11.8 Å². The molecule has 0 aromatic heterocycles. The molecule has 1 saturated carbocycles. The van der Waals surface area contributed by atoms with Gasteiger partial charge in [0.15, 0.2) is 0 Å². The molecule has 1 aliphatic heterocycles. The number of hydrogen-bond donors (Lipinski definition) is 1. The summed E-state index contributed by atoms with van der Waals surface area (Å²) >= 11 is 2.19. The highest BCUT2D eigenvalue weighted by Gasteiger charge is 2.34. The SMILES string of the molecule is CC1CSC2CC(c3ccccc3)CCC2N1. The number of rotatable bonds is 1. The van der Waals surface area contributed by atoms with Crippen molar-refractivity contribution in [3.63, 3.8) is 0 Å². The fourth-order valence-electron chi connectivity index (χ4n) is 3.21. The second-order valence-electron chi connectivity index (χ2n) is 5.47. The van der Waals surface area contributed by atoms with Crippen molar-refractivity contribution in [1.29, 1.82) is 0 Å². The van der Waals surface area contributed by atoms with E-state index in [1.54, 1.807) is 5.56 Å². The first-order valence-corrected chi connectivity index (χ1v) is 7.80. The molecule has 1 nitrogen and oxygen atoms in total. The van der Waals surface area contributed by atoms with Crippen LogP contribution in [-0.2, 0) is 0 Å². The zero-order chi connectivity index (χ0) is 11.7. The minimum absolute atomic E-state index is 0.703. The van der Waals surface area contributed by atoms with Gasteiger partial charge in [-0.3, -0.25) is 0 Å². The van der Waals surface area contributed by atoms with Gasteiger partial charge in [0, 0.05) is 23.1 Å². The Balaban J connectivity index is 1.68. The van der Waals surface area contributed by atoms with E-state index < -0.39 is 0 Å². The second kappa shape index (κ2) is 5.03. The molecule has 0 spiro atoms. The normalized spacial score (nSPS) is 37.5. The van der Waals surface area contributed by atoms with E-state index in [1.807, 2.05) is 0 Å². The summed E-state index contributed by atoms with van der Waals surface area (Å²) in [4.78, 5) is 0. The molecule has 1 aromatic carbocycles. The number of fused-ring (bicyclic) bond motifs is 1. The molecule has 2 aliphatic rings. The number of hydrogen-bond acceptors (Lipinski definition) is 2. The first-order chi connectivity index (χ1) is 8.33. The summed E-state index contributed by atoms with van der Waals surface area (Å²) in [5, 5.41) is 4.61. The largest absolute Gasteiger partial charge is 0.310 e. The van der Waals surface area contributed by atoms with E-state index in [2.05, 4.69) is 54.3 Å². The van der Waals surface area contributed by atoms with E-state index in [0.717, 1.165) is 17.2 Å². The Morgan fingerprint density at radius 3 is 2.82 bits per heavy atom. The van der Waals surface area contributed by atoms with Crippen LogP contribution in [0.15, 0.2) is 30.3 Å². The monoisotopic (exact) mass is 247 g/mol. The zero-order valence-electron chi connectivity index (χ0n) is 10.4. The molecule has 1 saturated heterocycles. The number of benzene rings is 1. The maximum absolute atomic E-state index is 3.77. The van der Waals surface area contributed by atoms with Gasteiger partial charge in [-0.1, -0.05) is 30.3 Å². The average molecular weight is 247 g/mol. The smallest absolute Gasteiger partial charge is 0.0207 e.